The summed E-state index contributed by atoms with van der Waals surface area (Å²) in [6.07, 6.45) is -4.37. The van der Waals surface area contributed by atoms with Gasteiger partial charge in [-0.25, -0.2) is 0 Å². The molecule has 0 aromatic heterocycles. The Labute approximate surface area is 131 Å². The molecule has 22 heavy (non-hydrogen) atoms. The van der Waals surface area contributed by atoms with Crippen molar-refractivity contribution >= 4 is 12.6 Å². The molecule has 124 valence electrons. The van der Waals surface area contributed by atoms with Crippen LogP contribution in [0.2, 0.25) is 0 Å². The highest BCUT2D eigenvalue weighted by Gasteiger charge is 2.52. The number of alkyl halides is 3. The molecule has 6 heteroatoms. The number of hydrogen-bond acceptors (Lipinski definition) is 2. The van der Waals surface area contributed by atoms with Gasteiger partial charge in [0.2, 0.25) is 0 Å². The third kappa shape index (κ3) is 3.66. The molecular formula is C16H24BF3O2. The molecule has 1 aliphatic heterocycles. The molecule has 1 aromatic rings. The van der Waals surface area contributed by atoms with Crippen LogP contribution in [-0.4, -0.2) is 18.3 Å². The third-order valence-corrected chi connectivity index (χ3v) is 4.11. The number of rotatable bonds is 1. The van der Waals surface area contributed by atoms with E-state index in [9.17, 15) is 13.2 Å². The van der Waals surface area contributed by atoms with E-state index in [0.29, 0.717) is 5.46 Å². The van der Waals surface area contributed by atoms with Crippen LogP contribution in [0.15, 0.2) is 18.2 Å². The topological polar surface area (TPSA) is 18.5 Å². The fraction of sp³-hybridized carbons (Fsp3) is 0.625. The first-order valence-electron chi connectivity index (χ1n) is 7.47. The summed E-state index contributed by atoms with van der Waals surface area (Å²) >= 11 is 0. The van der Waals surface area contributed by atoms with Crippen LogP contribution in [0.3, 0.4) is 0 Å². The summed E-state index contributed by atoms with van der Waals surface area (Å²) in [5, 5.41) is 0. The second-order valence-electron chi connectivity index (χ2n) is 6.16. The minimum absolute atomic E-state index is 0.429. The molecule has 0 amide bonds. The zero-order valence-electron chi connectivity index (χ0n) is 14.3. The maximum atomic E-state index is 12.8. The van der Waals surface area contributed by atoms with Crippen LogP contribution in [0.5, 0.6) is 0 Å². The van der Waals surface area contributed by atoms with Gasteiger partial charge in [0.05, 0.1) is 16.8 Å². The monoisotopic (exact) mass is 316 g/mol. The lowest BCUT2D eigenvalue weighted by Crippen LogP contribution is -2.41. The van der Waals surface area contributed by atoms with E-state index in [-0.39, 0.29) is 0 Å². The van der Waals surface area contributed by atoms with Crippen LogP contribution in [0.1, 0.15) is 52.7 Å². The van der Waals surface area contributed by atoms with E-state index in [1.54, 1.807) is 6.92 Å². The predicted octanol–water partition coefficient (Wildman–Crippen LogP) is 4.34. The average Bonchev–Trinajstić information content (AvgIpc) is 2.59. The van der Waals surface area contributed by atoms with Gasteiger partial charge in [0.25, 0.3) is 0 Å². The van der Waals surface area contributed by atoms with Crippen molar-refractivity contribution in [1.29, 1.82) is 0 Å². The zero-order chi connectivity index (χ0) is 17.3. The quantitative estimate of drug-likeness (QED) is 0.718. The summed E-state index contributed by atoms with van der Waals surface area (Å²) in [4.78, 5) is 0. The first-order valence-corrected chi connectivity index (χ1v) is 7.47. The second-order valence-corrected chi connectivity index (χ2v) is 6.16. The van der Waals surface area contributed by atoms with Gasteiger partial charge in [-0.3, -0.25) is 0 Å². The maximum Gasteiger partial charge on any atom is 0.495 e. The van der Waals surface area contributed by atoms with Crippen LogP contribution < -0.4 is 5.46 Å². The SMILES string of the molecule is CC.Cc1ccc(C(F)(F)F)cc1B1OC(C)(C)C(C)(C)O1. The lowest BCUT2D eigenvalue weighted by molar-refractivity contribution is -0.137. The lowest BCUT2D eigenvalue weighted by Gasteiger charge is -2.32. The molecule has 2 nitrogen and oxygen atoms in total. The number of benzene rings is 1. The minimum atomic E-state index is -4.37. The lowest BCUT2D eigenvalue weighted by atomic mass is 9.75. The first-order chi connectivity index (χ1) is 9.94. The van der Waals surface area contributed by atoms with Gasteiger partial charge in [0.15, 0.2) is 0 Å². The smallest absolute Gasteiger partial charge is 0.399 e. The van der Waals surface area contributed by atoms with Crippen molar-refractivity contribution in [3.63, 3.8) is 0 Å². The van der Waals surface area contributed by atoms with E-state index < -0.39 is 30.1 Å². The average molecular weight is 316 g/mol. The van der Waals surface area contributed by atoms with Crippen molar-refractivity contribution in [1.82, 2.24) is 0 Å². The highest BCUT2D eigenvalue weighted by molar-refractivity contribution is 6.62. The molecule has 0 N–H and O–H groups in total. The highest BCUT2D eigenvalue weighted by atomic mass is 19.4. The Bertz CT molecular complexity index is 509. The molecule has 0 bridgehead atoms. The molecule has 0 unspecified atom stereocenters. The van der Waals surface area contributed by atoms with Crippen molar-refractivity contribution in [2.45, 2.75) is 65.8 Å². The molecular weight excluding hydrogens is 292 g/mol. The van der Waals surface area contributed by atoms with E-state index in [4.69, 9.17) is 9.31 Å². The Morgan fingerprint density at radius 1 is 0.955 bits per heavy atom. The summed E-state index contributed by atoms with van der Waals surface area (Å²) in [6.45, 7) is 13.2. The molecule has 0 atom stereocenters. The summed E-state index contributed by atoms with van der Waals surface area (Å²) in [5.74, 6) is 0. The molecule has 1 aromatic carbocycles. The Morgan fingerprint density at radius 2 is 1.41 bits per heavy atom. The maximum absolute atomic E-state index is 12.8. The first kappa shape index (κ1) is 19.0. The predicted molar refractivity (Wildman–Crippen MR) is 83.2 cm³/mol. The van der Waals surface area contributed by atoms with Crippen molar-refractivity contribution < 1.29 is 22.5 Å². The molecule has 0 radical (unpaired) electrons. The molecule has 2 rings (SSSR count). The van der Waals surface area contributed by atoms with Gasteiger partial charge in [-0.15, -0.1) is 0 Å². The fourth-order valence-electron chi connectivity index (χ4n) is 2.04. The third-order valence-electron chi connectivity index (χ3n) is 4.11. The Morgan fingerprint density at radius 3 is 1.82 bits per heavy atom. The van der Waals surface area contributed by atoms with Gasteiger partial charge in [0.1, 0.15) is 0 Å². The fourth-order valence-corrected chi connectivity index (χ4v) is 2.04. The summed E-state index contributed by atoms with van der Waals surface area (Å²) < 4.78 is 50.0. The molecule has 0 saturated carbocycles. The Hall–Kier alpha value is -1.01. The van der Waals surface area contributed by atoms with Crippen LogP contribution in [0, 0.1) is 6.92 Å². The van der Waals surface area contributed by atoms with Crippen molar-refractivity contribution in [3.05, 3.63) is 29.3 Å². The highest BCUT2D eigenvalue weighted by Crippen LogP contribution is 2.37. The summed E-state index contributed by atoms with van der Waals surface area (Å²) in [5.41, 5.74) is -0.681. The van der Waals surface area contributed by atoms with Crippen molar-refractivity contribution in [2.75, 3.05) is 0 Å². The van der Waals surface area contributed by atoms with E-state index >= 15 is 0 Å². The van der Waals surface area contributed by atoms with E-state index in [2.05, 4.69) is 0 Å². The van der Waals surface area contributed by atoms with Gasteiger partial charge < -0.3 is 9.31 Å². The second kappa shape index (κ2) is 6.24. The molecule has 1 fully saturated rings. The van der Waals surface area contributed by atoms with Gasteiger partial charge in [-0.1, -0.05) is 25.5 Å². The number of halogens is 3. The standard InChI is InChI=1S/C14H18BF3O2.C2H6/c1-9-6-7-10(14(16,17)18)8-11(9)15-19-12(2,3)13(4,5)20-15;1-2/h6-8H,1-5H3;1-2H3. The normalized spacial score (nSPS) is 19.6. The van der Waals surface area contributed by atoms with E-state index in [1.807, 2.05) is 41.5 Å². The van der Waals surface area contributed by atoms with Gasteiger partial charge >= 0.3 is 13.3 Å². The molecule has 0 aliphatic carbocycles. The van der Waals surface area contributed by atoms with Crippen LogP contribution >= 0.6 is 0 Å². The van der Waals surface area contributed by atoms with E-state index in [0.717, 1.165) is 17.7 Å². The van der Waals surface area contributed by atoms with Crippen molar-refractivity contribution in [2.24, 2.45) is 0 Å². The van der Waals surface area contributed by atoms with Gasteiger partial charge in [-0.2, -0.15) is 13.2 Å². The largest absolute Gasteiger partial charge is 0.495 e. The molecule has 1 heterocycles. The molecule has 0 spiro atoms. The van der Waals surface area contributed by atoms with Gasteiger partial charge in [0, 0.05) is 0 Å². The van der Waals surface area contributed by atoms with Crippen LogP contribution in [0.25, 0.3) is 0 Å². The van der Waals surface area contributed by atoms with Crippen LogP contribution in [0.4, 0.5) is 13.2 Å². The summed E-state index contributed by atoms with van der Waals surface area (Å²) in [6, 6.07) is 3.63. The van der Waals surface area contributed by atoms with Crippen molar-refractivity contribution in [3.8, 4) is 0 Å². The van der Waals surface area contributed by atoms with E-state index in [1.165, 1.54) is 6.07 Å². The minimum Gasteiger partial charge on any atom is -0.399 e. The number of aryl methyl sites for hydroxylation is 1. The Kier molecular flexibility index (Phi) is 5.40. The zero-order valence-corrected chi connectivity index (χ0v) is 14.3. The molecule has 1 saturated heterocycles. The van der Waals surface area contributed by atoms with Gasteiger partial charge in [-0.05, 0) is 52.2 Å². The molecule has 1 aliphatic rings. The summed E-state index contributed by atoms with van der Waals surface area (Å²) in [7, 11) is -0.776. The Balaban J connectivity index is 0.00000116. The number of hydrogen-bond donors (Lipinski definition) is 0. The van der Waals surface area contributed by atoms with Crippen LogP contribution in [-0.2, 0) is 15.5 Å².